The SMILES string of the molecule is COc1cnn(C)c1C(N)c1cccc(C(F)(F)F)c1. The van der Waals surface area contributed by atoms with Crippen LogP contribution in [-0.4, -0.2) is 16.9 Å². The molecule has 2 rings (SSSR count). The largest absolute Gasteiger partial charge is 0.493 e. The van der Waals surface area contributed by atoms with Crippen LogP contribution in [0.2, 0.25) is 0 Å². The number of hydrogen-bond donors (Lipinski definition) is 1. The molecular formula is C13H14F3N3O. The van der Waals surface area contributed by atoms with Crippen molar-refractivity contribution in [3.8, 4) is 5.75 Å². The van der Waals surface area contributed by atoms with Gasteiger partial charge in [0.15, 0.2) is 5.75 Å². The third-order valence-corrected chi connectivity index (χ3v) is 3.04. The monoisotopic (exact) mass is 285 g/mol. The first-order valence-electron chi connectivity index (χ1n) is 5.83. The van der Waals surface area contributed by atoms with Crippen LogP contribution < -0.4 is 10.5 Å². The van der Waals surface area contributed by atoms with Gasteiger partial charge in [0.2, 0.25) is 0 Å². The lowest BCUT2D eigenvalue weighted by Gasteiger charge is -2.16. The maximum absolute atomic E-state index is 12.7. The zero-order valence-electron chi connectivity index (χ0n) is 11.0. The number of nitrogens with zero attached hydrogens (tertiary/aromatic N) is 2. The van der Waals surface area contributed by atoms with Gasteiger partial charge in [-0.3, -0.25) is 4.68 Å². The number of hydrogen-bond acceptors (Lipinski definition) is 3. The summed E-state index contributed by atoms with van der Waals surface area (Å²) in [6.07, 6.45) is -2.92. The van der Waals surface area contributed by atoms with Gasteiger partial charge in [-0.1, -0.05) is 12.1 Å². The maximum Gasteiger partial charge on any atom is 0.416 e. The second-order valence-corrected chi connectivity index (χ2v) is 4.32. The van der Waals surface area contributed by atoms with Gasteiger partial charge in [-0.15, -0.1) is 0 Å². The number of alkyl halides is 3. The highest BCUT2D eigenvalue weighted by molar-refractivity contribution is 5.38. The summed E-state index contributed by atoms with van der Waals surface area (Å²) >= 11 is 0. The summed E-state index contributed by atoms with van der Waals surface area (Å²) in [5.74, 6) is 0.442. The molecule has 2 N–H and O–H groups in total. The number of ether oxygens (including phenoxy) is 1. The lowest BCUT2D eigenvalue weighted by atomic mass is 10.0. The van der Waals surface area contributed by atoms with Crippen LogP contribution in [0.1, 0.15) is 22.9 Å². The Balaban J connectivity index is 2.43. The minimum Gasteiger partial charge on any atom is -0.493 e. The zero-order chi connectivity index (χ0) is 14.9. The molecule has 1 aromatic carbocycles. The average Bonchev–Trinajstić information content (AvgIpc) is 2.78. The predicted octanol–water partition coefficient (Wildman–Crippen LogP) is 2.50. The van der Waals surface area contributed by atoms with E-state index in [-0.39, 0.29) is 0 Å². The molecule has 0 aliphatic rings. The minimum absolute atomic E-state index is 0.349. The van der Waals surface area contributed by atoms with Crippen LogP contribution in [0.15, 0.2) is 30.5 Å². The van der Waals surface area contributed by atoms with Crippen molar-refractivity contribution in [1.29, 1.82) is 0 Å². The number of nitrogens with two attached hydrogens (primary N) is 1. The first kappa shape index (κ1) is 14.4. The van der Waals surface area contributed by atoms with Crippen LogP contribution in [0.4, 0.5) is 13.2 Å². The number of benzene rings is 1. The number of aryl methyl sites for hydroxylation is 1. The van der Waals surface area contributed by atoms with Gasteiger partial charge in [-0.2, -0.15) is 18.3 Å². The molecule has 20 heavy (non-hydrogen) atoms. The summed E-state index contributed by atoms with van der Waals surface area (Å²) < 4.78 is 44.8. The highest BCUT2D eigenvalue weighted by Gasteiger charge is 2.31. The Morgan fingerprint density at radius 2 is 2.05 bits per heavy atom. The highest BCUT2D eigenvalue weighted by Crippen LogP contribution is 2.33. The molecule has 0 saturated heterocycles. The lowest BCUT2D eigenvalue weighted by molar-refractivity contribution is -0.137. The average molecular weight is 285 g/mol. The Morgan fingerprint density at radius 3 is 2.65 bits per heavy atom. The molecule has 4 nitrogen and oxygen atoms in total. The lowest BCUT2D eigenvalue weighted by Crippen LogP contribution is -2.17. The van der Waals surface area contributed by atoms with Crippen molar-refractivity contribution < 1.29 is 17.9 Å². The van der Waals surface area contributed by atoms with E-state index in [1.54, 1.807) is 13.1 Å². The Morgan fingerprint density at radius 1 is 1.35 bits per heavy atom. The molecule has 0 bridgehead atoms. The van der Waals surface area contributed by atoms with Gasteiger partial charge >= 0.3 is 6.18 Å². The molecule has 0 amide bonds. The van der Waals surface area contributed by atoms with E-state index >= 15 is 0 Å². The summed E-state index contributed by atoms with van der Waals surface area (Å²) in [6.45, 7) is 0. The van der Waals surface area contributed by atoms with Gasteiger partial charge in [0.1, 0.15) is 5.69 Å². The minimum atomic E-state index is -4.40. The number of methoxy groups -OCH3 is 1. The fourth-order valence-corrected chi connectivity index (χ4v) is 2.00. The van der Waals surface area contributed by atoms with Crippen LogP contribution in [0.3, 0.4) is 0 Å². The summed E-state index contributed by atoms with van der Waals surface area (Å²) in [5, 5.41) is 3.99. The zero-order valence-corrected chi connectivity index (χ0v) is 11.0. The summed E-state index contributed by atoms with van der Waals surface area (Å²) in [7, 11) is 3.12. The molecule has 1 heterocycles. The Kier molecular flexibility index (Phi) is 3.71. The second kappa shape index (κ2) is 5.16. The van der Waals surface area contributed by atoms with Crippen LogP contribution in [0.25, 0.3) is 0 Å². The van der Waals surface area contributed by atoms with Crippen molar-refractivity contribution in [2.24, 2.45) is 12.8 Å². The molecule has 0 saturated carbocycles. The molecule has 2 aromatic rings. The van der Waals surface area contributed by atoms with E-state index in [9.17, 15) is 13.2 Å². The third kappa shape index (κ3) is 2.62. The summed E-state index contributed by atoms with van der Waals surface area (Å²) in [6, 6.07) is 4.18. The molecule has 1 atom stereocenters. The fraction of sp³-hybridized carbons (Fsp3) is 0.308. The summed E-state index contributed by atoms with van der Waals surface area (Å²) in [4.78, 5) is 0. The van der Waals surface area contributed by atoms with E-state index in [0.717, 1.165) is 12.1 Å². The van der Waals surface area contributed by atoms with Crippen molar-refractivity contribution >= 4 is 0 Å². The van der Waals surface area contributed by atoms with E-state index in [1.807, 2.05) is 0 Å². The van der Waals surface area contributed by atoms with Crippen LogP contribution in [0.5, 0.6) is 5.75 Å². The molecular weight excluding hydrogens is 271 g/mol. The molecule has 1 unspecified atom stereocenters. The van der Waals surface area contributed by atoms with Gasteiger partial charge in [-0.05, 0) is 17.7 Å². The van der Waals surface area contributed by atoms with Gasteiger partial charge in [0, 0.05) is 7.05 Å². The van der Waals surface area contributed by atoms with Crippen LogP contribution in [0, 0.1) is 0 Å². The first-order chi connectivity index (χ1) is 9.34. The Hall–Kier alpha value is -2.02. The van der Waals surface area contributed by atoms with Gasteiger partial charge in [0.25, 0.3) is 0 Å². The Labute approximate surface area is 114 Å². The van der Waals surface area contributed by atoms with Crippen LogP contribution >= 0.6 is 0 Å². The summed E-state index contributed by atoms with van der Waals surface area (Å²) in [5.41, 5.74) is 6.18. The Bertz CT molecular complexity index is 607. The normalized spacial score (nSPS) is 13.3. The molecule has 0 radical (unpaired) electrons. The van der Waals surface area contributed by atoms with E-state index < -0.39 is 17.8 Å². The predicted molar refractivity (Wildman–Crippen MR) is 67.2 cm³/mol. The molecule has 7 heteroatoms. The van der Waals surface area contributed by atoms with E-state index in [4.69, 9.17) is 10.5 Å². The van der Waals surface area contributed by atoms with Gasteiger partial charge in [-0.25, -0.2) is 0 Å². The molecule has 0 fully saturated rings. The molecule has 1 aromatic heterocycles. The molecule has 108 valence electrons. The number of halogens is 3. The smallest absolute Gasteiger partial charge is 0.416 e. The van der Waals surface area contributed by atoms with Gasteiger partial charge in [0.05, 0.1) is 24.9 Å². The van der Waals surface area contributed by atoms with Gasteiger partial charge < -0.3 is 10.5 Å². The highest BCUT2D eigenvalue weighted by atomic mass is 19.4. The van der Waals surface area contributed by atoms with Crippen molar-refractivity contribution in [1.82, 2.24) is 9.78 Å². The van der Waals surface area contributed by atoms with E-state index in [1.165, 1.54) is 24.1 Å². The van der Waals surface area contributed by atoms with Crippen LogP contribution in [-0.2, 0) is 13.2 Å². The van der Waals surface area contributed by atoms with Crippen molar-refractivity contribution in [3.05, 3.63) is 47.3 Å². The molecule has 0 aliphatic carbocycles. The van der Waals surface area contributed by atoms with Crippen molar-refractivity contribution in [3.63, 3.8) is 0 Å². The molecule has 0 spiro atoms. The van der Waals surface area contributed by atoms with E-state index in [0.29, 0.717) is 17.0 Å². The number of rotatable bonds is 3. The van der Waals surface area contributed by atoms with Crippen molar-refractivity contribution in [2.75, 3.05) is 7.11 Å². The second-order valence-electron chi connectivity index (χ2n) is 4.32. The molecule has 0 aliphatic heterocycles. The van der Waals surface area contributed by atoms with Crippen molar-refractivity contribution in [2.45, 2.75) is 12.2 Å². The standard InChI is InChI=1S/C13H14F3N3O/c1-19-12(10(20-2)7-18-19)11(17)8-4-3-5-9(6-8)13(14,15)16/h3-7,11H,17H2,1-2H3. The third-order valence-electron chi connectivity index (χ3n) is 3.04. The first-order valence-corrected chi connectivity index (χ1v) is 5.83. The van der Waals surface area contributed by atoms with E-state index in [2.05, 4.69) is 5.10 Å². The number of aromatic nitrogens is 2. The quantitative estimate of drug-likeness (QED) is 0.942. The topological polar surface area (TPSA) is 53.1 Å². The maximum atomic E-state index is 12.7. The fourth-order valence-electron chi connectivity index (χ4n) is 2.00.